The quantitative estimate of drug-likeness (QED) is 0.891. The van der Waals surface area contributed by atoms with E-state index in [-0.39, 0.29) is 18.2 Å². The van der Waals surface area contributed by atoms with Gasteiger partial charge in [-0.3, -0.25) is 4.79 Å². The summed E-state index contributed by atoms with van der Waals surface area (Å²) in [6, 6.07) is 18.8. The van der Waals surface area contributed by atoms with E-state index in [0.29, 0.717) is 0 Å². The Morgan fingerprint density at radius 1 is 0.957 bits per heavy atom. The van der Waals surface area contributed by atoms with Gasteiger partial charge in [0.2, 0.25) is 5.91 Å². The van der Waals surface area contributed by atoms with Crippen LogP contribution in [-0.2, 0) is 9.59 Å². The van der Waals surface area contributed by atoms with Gasteiger partial charge in [-0.1, -0.05) is 60.7 Å². The lowest BCUT2D eigenvalue weighted by Gasteiger charge is -2.25. The second kappa shape index (κ2) is 7.58. The highest BCUT2D eigenvalue weighted by molar-refractivity contribution is 5.84. The first-order valence-corrected chi connectivity index (χ1v) is 7.59. The number of hydrogen-bond acceptors (Lipinski definition) is 2. The molecular formula is C19H21NO3. The van der Waals surface area contributed by atoms with E-state index < -0.39 is 12.0 Å². The van der Waals surface area contributed by atoms with Crippen LogP contribution in [0.4, 0.5) is 0 Å². The van der Waals surface area contributed by atoms with Crippen molar-refractivity contribution in [2.24, 2.45) is 0 Å². The molecule has 2 aromatic carbocycles. The summed E-state index contributed by atoms with van der Waals surface area (Å²) in [7, 11) is 1.54. The highest BCUT2D eigenvalue weighted by atomic mass is 16.4. The molecule has 0 saturated heterocycles. The lowest BCUT2D eigenvalue weighted by Crippen LogP contribution is -2.40. The molecule has 0 fully saturated rings. The monoisotopic (exact) mass is 311 g/mol. The van der Waals surface area contributed by atoms with Gasteiger partial charge in [0.1, 0.15) is 6.04 Å². The molecule has 0 spiro atoms. The molecule has 120 valence electrons. The molecule has 0 aliphatic rings. The molecule has 2 aromatic rings. The van der Waals surface area contributed by atoms with Gasteiger partial charge in [0, 0.05) is 19.4 Å². The second-order valence-electron chi connectivity index (χ2n) is 5.60. The van der Waals surface area contributed by atoms with Gasteiger partial charge < -0.3 is 10.0 Å². The zero-order valence-corrected chi connectivity index (χ0v) is 13.3. The molecule has 0 radical (unpaired) electrons. The van der Waals surface area contributed by atoms with Crippen LogP contribution in [0.25, 0.3) is 0 Å². The van der Waals surface area contributed by atoms with Crippen molar-refractivity contribution < 1.29 is 14.7 Å². The molecule has 0 bridgehead atoms. The minimum absolute atomic E-state index is 0.0895. The van der Waals surface area contributed by atoms with Crippen LogP contribution < -0.4 is 0 Å². The van der Waals surface area contributed by atoms with Crippen molar-refractivity contribution >= 4 is 11.9 Å². The van der Waals surface area contributed by atoms with E-state index in [0.717, 1.165) is 11.1 Å². The molecule has 1 atom stereocenters. The Morgan fingerprint density at radius 3 is 1.78 bits per heavy atom. The SMILES string of the molecule is CC(C(=O)O)N(C)C(=O)CC(c1ccccc1)c1ccccc1. The normalized spacial score (nSPS) is 12.0. The first-order chi connectivity index (χ1) is 11.0. The maximum Gasteiger partial charge on any atom is 0.326 e. The minimum Gasteiger partial charge on any atom is -0.480 e. The number of carbonyl (C=O) groups is 2. The fourth-order valence-corrected chi connectivity index (χ4v) is 2.50. The Bertz CT molecular complexity index is 615. The number of benzene rings is 2. The molecule has 1 N–H and O–H groups in total. The average Bonchev–Trinajstić information content (AvgIpc) is 2.59. The molecule has 0 heterocycles. The van der Waals surface area contributed by atoms with E-state index in [2.05, 4.69) is 0 Å². The number of nitrogens with zero attached hydrogens (tertiary/aromatic N) is 1. The van der Waals surface area contributed by atoms with Crippen LogP contribution in [0.5, 0.6) is 0 Å². The van der Waals surface area contributed by atoms with Crippen molar-refractivity contribution in [1.82, 2.24) is 4.90 Å². The molecular weight excluding hydrogens is 290 g/mol. The van der Waals surface area contributed by atoms with Gasteiger partial charge >= 0.3 is 5.97 Å². The maximum absolute atomic E-state index is 12.5. The fraction of sp³-hybridized carbons (Fsp3) is 0.263. The van der Waals surface area contributed by atoms with Crippen LogP contribution in [0, 0.1) is 0 Å². The van der Waals surface area contributed by atoms with Crippen LogP contribution in [-0.4, -0.2) is 35.0 Å². The largest absolute Gasteiger partial charge is 0.480 e. The fourth-order valence-electron chi connectivity index (χ4n) is 2.50. The predicted molar refractivity (Wildman–Crippen MR) is 89.2 cm³/mol. The Balaban J connectivity index is 2.26. The van der Waals surface area contributed by atoms with E-state index in [9.17, 15) is 9.59 Å². The number of rotatable bonds is 6. The van der Waals surface area contributed by atoms with Gasteiger partial charge in [0.15, 0.2) is 0 Å². The van der Waals surface area contributed by atoms with Crippen LogP contribution >= 0.6 is 0 Å². The first kappa shape index (κ1) is 16.7. The van der Waals surface area contributed by atoms with E-state index in [1.165, 1.54) is 18.9 Å². The Hall–Kier alpha value is -2.62. The van der Waals surface area contributed by atoms with Gasteiger partial charge in [0.25, 0.3) is 0 Å². The van der Waals surface area contributed by atoms with E-state index in [4.69, 9.17) is 5.11 Å². The summed E-state index contributed by atoms with van der Waals surface area (Å²) in [5, 5.41) is 9.08. The highest BCUT2D eigenvalue weighted by Crippen LogP contribution is 2.28. The van der Waals surface area contributed by atoms with Gasteiger partial charge in [-0.05, 0) is 18.1 Å². The summed E-state index contributed by atoms with van der Waals surface area (Å²) in [6.07, 6.45) is 0.238. The van der Waals surface area contributed by atoms with Crippen molar-refractivity contribution in [2.75, 3.05) is 7.05 Å². The minimum atomic E-state index is -1.00. The molecule has 23 heavy (non-hydrogen) atoms. The maximum atomic E-state index is 12.5. The third-order valence-electron chi connectivity index (χ3n) is 4.11. The Morgan fingerprint density at radius 2 is 1.39 bits per heavy atom. The molecule has 1 amide bonds. The van der Waals surface area contributed by atoms with Crippen molar-refractivity contribution in [3.8, 4) is 0 Å². The number of likely N-dealkylation sites (N-methyl/N-ethyl adjacent to an activating group) is 1. The number of carboxylic acid groups (broad SMARTS) is 1. The van der Waals surface area contributed by atoms with Crippen LogP contribution in [0.2, 0.25) is 0 Å². The summed E-state index contributed by atoms with van der Waals surface area (Å²) in [5.41, 5.74) is 2.09. The number of aliphatic carboxylic acids is 1. The zero-order valence-electron chi connectivity index (χ0n) is 13.3. The van der Waals surface area contributed by atoms with Crippen LogP contribution in [0.3, 0.4) is 0 Å². The molecule has 0 aliphatic heterocycles. The molecule has 4 heteroatoms. The molecule has 0 aliphatic carbocycles. The van der Waals surface area contributed by atoms with Gasteiger partial charge in [-0.15, -0.1) is 0 Å². The van der Waals surface area contributed by atoms with Gasteiger partial charge in [-0.25, -0.2) is 4.79 Å². The summed E-state index contributed by atoms with van der Waals surface area (Å²) in [4.78, 5) is 24.9. The molecule has 1 unspecified atom stereocenters. The Labute approximate surface area is 136 Å². The number of carbonyl (C=O) groups excluding carboxylic acids is 1. The summed E-state index contributed by atoms with van der Waals surface area (Å²) in [5.74, 6) is -1.28. The first-order valence-electron chi connectivity index (χ1n) is 7.59. The molecule has 2 rings (SSSR count). The van der Waals surface area contributed by atoms with Crippen molar-refractivity contribution in [3.05, 3.63) is 71.8 Å². The van der Waals surface area contributed by atoms with Crippen molar-refractivity contribution in [3.63, 3.8) is 0 Å². The zero-order chi connectivity index (χ0) is 16.8. The van der Waals surface area contributed by atoms with Gasteiger partial charge in [0.05, 0.1) is 0 Å². The average molecular weight is 311 g/mol. The standard InChI is InChI=1S/C19H21NO3/c1-14(19(22)23)20(2)18(21)13-17(15-9-5-3-6-10-15)16-11-7-4-8-12-16/h3-12,14,17H,13H2,1-2H3,(H,22,23). The number of carboxylic acids is 1. The summed E-state index contributed by atoms with van der Waals surface area (Å²) < 4.78 is 0. The number of amides is 1. The lowest BCUT2D eigenvalue weighted by atomic mass is 9.88. The smallest absolute Gasteiger partial charge is 0.326 e. The second-order valence-corrected chi connectivity index (χ2v) is 5.60. The Kier molecular flexibility index (Phi) is 5.52. The molecule has 0 saturated carbocycles. The lowest BCUT2D eigenvalue weighted by molar-refractivity contribution is -0.148. The summed E-state index contributed by atoms with van der Waals surface area (Å²) >= 11 is 0. The van der Waals surface area contributed by atoms with Crippen LogP contribution in [0.15, 0.2) is 60.7 Å². The van der Waals surface area contributed by atoms with E-state index in [1.807, 2.05) is 60.7 Å². The van der Waals surface area contributed by atoms with Crippen molar-refractivity contribution in [1.29, 1.82) is 0 Å². The van der Waals surface area contributed by atoms with E-state index in [1.54, 1.807) is 0 Å². The summed E-state index contributed by atoms with van der Waals surface area (Å²) in [6.45, 7) is 1.51. The van der Waals surface area contributed by atoms with E-state index >= 15 is 0 Å². The number of hydrogen-bond donors (Lipinski definition) is 1. The third-order valence-corrected chi connectivity index (χ3v) is 4.11. The van der Waals surface area contributed by atoms with Gasteiger partial charge in [-0.2, -0.15) is 0 Å². The van der Waals surface area contributed by atoms with Crippen LogP contribution in [0.1, 0.15) is 30.4 Å². The third kappa shape index (κ3) is 4.19. The predicted octanol–water partition coefficient (Wildman–Crippen LogP) is 3.14. The highest BCUT2D eigenvalue weighted by Gasteiger charge is 2.25. The molecule has 4 nitrogen and oxygen atoms in total. The van der Waals surface area contributed by atoms with Crippen molar-refractivity contribution in [2.45, 2.75) is 25.3 Å². The topological polar surface area (TPSA) is 57.6 Å². The molecule has 0 aromatic heterocycles.